The predicted octanol–water partition coefficient (Wildman–Crippen LogP) is -0.166. The van der Waals surface area contributed by atoms with Gasteiger partial charge in [0.1, 0.15) is 12.4 Å². The van der Waals surface area contributed by atoms with E-state index in [9.17, 15) is 13.2 Å². The molecule has 1 rings (SSSR count). The van der Waals surface area contributed by atoms with Crippen LogP contribution in [0.2, 0.25) is 0 Å². The lowest BCUT2D eigenvalue weighted by Gasteiger charge is -2.19. The molecule has 1 aliphatic heterocycles. The molecular formula is C7H10O5S. The number of hydrogen-bond donors (Lipinski definition) is 0. The van der Waals surface area contributed by atoms with E-state index in [1.54, 1.807) is 0 Å². The van der Waals surface area contributed by atoms with Crippen molar-refractivity contribution in [3.8, 4) is 0 Å². The Morgan fingerprint density at radius 3 is 2.69 bits per heavy atom. The highest BCUT2D eigenvalue weighted by Crippen LogP contribution is 2.23. The van der Waals surface area contributed by atoms with Gasteiger partial charge in [-0.15, -0.1) is 0 Å². The molecule has 1 unspecified atom stereocenters. The van der Waals surface area contributed by atoms with Crippen molar-refractivity contribution in [2.45, 2.75) is 12.5 Å². The molecule has 1 saturated heterocycles. The zero-order valence-electron chi connectivity index (χ0n) is 7.15. The maximum absolute atomic E-state index is 10.9. The summed E-state index contributed by atoms with van der Waals surface area (Å²) in [6, 6.07) is 0. The molecule has 0 saturated carbocycles. The van der Waals surface area contributed by atoms with E-state index in [1.165, 1.54) is 6.92 Å². The van der Waals surface area contributed by atoms with Crippen LogP contribution in [0.1, 0.15) is 6.92 Å². The fourth-order valence-corrected chi connectivity index (χ4v) is 2.42. The van der Waals surface area contributed by atoms with E-state index in [0.29, 0.717) is 0 Å². The number of rotatable bonds is 2. The molecule has 0 N–H and O–H groups in total. The summed E-state index contributed by atoms with van der Waals surface area (Å²) in [5.41, 5.74) is -1.08. The van der Waals surface area contributed by atoms with Gasteiger partial charge in [-0.1, -0.05) is 6.58 Å². The van der Waals surface area contributed by atoms with Crippen LogP contribution in [0.15, 0.2) is 12.7 Å². The van der Waals surface area contributed by atoms with E-state index < -0.39 is 21.7 Å². The lowest BCUT2D eigenvalue weighted by molar-refractivity contribution is -0.150. The summed E-state index contributed by atoms with van der Waals surface area (Å²) >= 11 is 0. The third-order valence-corrected chi connectivity index (χ3v) is 2.98. The third-order valence-electron chi connectivity index (χ3n) is 1.54. The molecule has 0 bridgehead atoms. The van der Waals surface area contributed by atoms with E-state index in [0.717, 1.165) is 6.08 Å². The lowest BCUT2D eigenvalue weighted by Crippen LogP contribution is -2.35. The fourth-order valence-electron chi connectivity index (χ4n) is 1.02. The summed E-state index contributed by atoms with van der Waals surface area (Å²) < 4.78 is 31.0. The van der Waals surface area contributed by atoms with Crippen molar-refractivity contribution in [2.75, 3.05) is 12.4 Å². The highest BCUT2D eigenvalue weighted by Gasteiger charge is 2.42. The Labute approximate surface area is 76.5 Å². The molecule has 0 amide bonds. The van der Waals surface area contributed by atoms with Gasteiger partial charge in [-0.3, -0.25) is 4.18 Å². The molecular weight excluding hydrogens is 196 g/mol. The maximum atomic E-state index is 10.9. The van der Waals surface area contributed by atoms with E-state index in [1.807, 2.05) is 0 Å². The minimum atomic E-state index is -3.52. The van der Waals surface area contributed by atoms with Crippen molar-refractivity contribution < 1.29 is 22.1 Å². The average Bonchev–Trinajstić information content (AvgIpc) is 2.25. The quantitative estimate of drug-likeness (QED) is 0.356. The summed E-state index contributed by atoms with van der Waals surface area (Å²) in [7, 11) is -3.52. The topological polar surface area (TPSA) is 69.7 Å². The standard InChI is InChI=1S/C7H10O5S/c1-3-6(8)12-7(2)4-11-13(9,10)5-7/h3H,1,4-5H2,2H3. The van der Waals surface area contributed by atoms with E-state index in [-0.39, 0.29) is 12.4 Å². The molecule has 1 fully saturated rings. The Morgan fingerprint density at radius 2 is 2.31 bits per heavy atom. The number of hydrogen-bond acceptors (Lipinski definition) is 5. The van der Waals surface area contributed by atoms with Crippen LogP contribution in [0.3, 0.4) is 0 Å². The van der Waals surface area contributed by atoms with Gasteiger partial charge in [-0.2, -0.15) is 8.42 Å². The molecule has 5 nitrogen and oxygen atoms in total. The van der Waals surface area contributed by atoms with Crippen LogP contribution >= 0.6 is 0 Å². The second kappa shape index (κ2) is 3.12. The number of esters is 1. The second-order valence-electron chi connectivity index (χ2n) is 3.04. The molecule has 74 valence electrons. The predicted molar refractivity (Wildman–Crippen MR) is 44.4 cm³/mol. The van der Waals surface area contributed by atoms with E-state index in [2.05, 4.69) is 10.8 Å². The van der Waals surface area contributed by atoms with Crippen molar-refractivity contribution in [3.63, 3.8) is 0 Å². The van der Waals surface area contributed by atoms with Crippen molar-refractivity contribution in [1.82, 2.24) is 0 Å². The molecule has 1 aliphatic rings. The second-order valence-corrected chi connectivity index (χ2v) is 4.68. The molecule has 6 heteroatoms. The van der Waals surface area contributed by atoms with E-state index >= 15 is 0 Å². The number of carbonyl (C=O) groups excluding carboxylic acids is 1. The summed E-state index contributed by atoms with van der Waals surface area (Å²) in [5, 5.41) is 0. The van der Waals surface area contributed by atoms with Gasteiger partial charge in [0, 0.05) is 6.08 Å². The van der Waals surface area contributed by atoms with Gasteiger partial charge in [0.25, 0.3) is 10.1 Å². The van der Waals surface area contributed by atoms with Crippen LogP contribution in [-0.2, 0) is 23.8 Å². The first-order valence-corrected chi connectivity index (χ1v) is 5.17. The molecule has 0 aromatic carbocycles. The monoisotopic (exact) mass is 206 g/mol. The highest BCUT2D eigenvalue weighted by molar-refractivity contribution is 7.87. The first-order valence-electron chi connectivity index (χ1n) is 3.59. The number of carbonyl (C=O) groups is 1. The largest absolute Gasteiger partial charge is 0.453 e. The van der Waals surface area contributed by atoms with Crippen molar-refractivity contribution in [1.29, 1.82) is 0 Å². The van der Waals surface area contributed by atoms with Gasteiger partial charge in [0.15, 0.2) is 5.60 Å². The minimum absolute atomic E-state index is 0.130. The van der Waals surface area contributed by atoms with Crippen LogP contribution in [0.5, 0.6) is 0 Å². The van der Waals surface area contributed by atoms with Gasteiger partial charge in [-0.05, 0) is 6.92 Å². The Bertz CT molecular complexity index is 331. The Balaban J connectivity index is 2.70. The number of ether oxygens (including phenoxy) is 1. The van der Waals surface area contributed by atoms with Crippen LogP contribution in [0.4, 0.5) is 0 Å². The smallest absolute Gasteiger partial charge is 0.330 e. The van der Waals surface area contributed by atoms with Crippen molar-refractivity contribution in [3.05, 3.63) is 12.7 Å². The van der Waals surface area contributed by atoms with Crippen LogP contribution in [0.25, 0.3) is 0 Å². The molecule has 0 aliphatic carbocycles. The third kappa shape index (κ3) is 2.53. The summed E-state index contributed by atoms with van der Waals surface area (Å²) in [4.78, 5) is 10.8. The van der Waals surface area contributed by atoms with Gasteiger partial charge >= 0.3 is 5.97 Å². The average molecular weight is 206 g/mol. The van der Waals surface area contributed by atoms with Crippen LogP contribution in [-0.4, -0.2) is 32.3 Å². The van der Waals surface area contributed by atoms with Gasteiger partial charge in [-0.25, -0.2) is 4.79 Å². The van der Waals surface area contributed by atoms with Gasteiger partial charge < -0.3 is 4.74 Å². The molecule has 0 spiro atoms. The Hall–Kier alpha value is -0.880. The molecule has 0 aromatic heterocycles. The fraction of sp³-hybridized carbons (Fsp3) is 0.571. The minimum Gasteiger partial charge on any atom is -0.453 e. The molecule has 1 heterocycles. The Kier molecular flexibility index (Phi) is 2.44. The van der Waals surface area contributed by atoms with E-state index in [4.69, 9.17) is 4.74 Å². The zero-order chi connectivity index (χ0) is 10.1. The first kappa shape index (κ1) is 10.2. The summed E-state index contributed by atoms with van der Waals surface area (Å²) in [6.07, 6.45) is 0.982. The van der Waals surface area contributed by atoms with Crippen LogP contribution < -0.4 is 0 Å². The summed E-state index contributed by atoms with van der Waals surface area (Å²) in [6.45, 7) is 4.57. The lowest BCUT2D eigenvalue weighted by atomic mass is 10.1. The zero-order valence-corrected chi connectivity index (χ0v) is 7.96. The van der Waals surface area contributed by atoms with Gasteiger partial charge in [0.05, 0.1) is 0 Å². The van der Waals surface area contributed by atoms with Crippen molar-refractivity contribution in [2.24, 2.45) is 0 Å². The molecule has 13 heavy (non-hydrogen) atoms. The SMILES string of the molecule is C=CC(=O)OC1(C)COS(=O)(=O)C1. The highest BCUT2D eigenvalue weighted by atomic mass is 32.2. The summed E-state index contributed by atoms with van der Waals surface area (Å²) in [5.74, 6) is -0.956. The van der Waals surface area contributed by atoms with Crippen LogP contribution in [0, 0.1) is 0 Å². The molecule has 0 radical (unpaired) electrons. The Morgan fingerprint density at radius 1 is 1.69 bits per heavy atom. The molecule has 1 atom stereocenters. The van der Waals surface area contributed by atoms with Crippen molar-refractivity contribution >= 4 is 16.1 Å². The first-order chi connectivity index (χ1) is 5.87. The normalized spacial score (nSPS) is 31.2. The van der Waals surface area contributed by atoms with Gasteiger partial charge in [0.2, 0.25) is 0 Å². The maximum Gasteiger partial charge on any atom is 0.330 e. The molecule has 0 aromatic rings.